The zero-order valence-corrected chi connectivity index (χ0v) is 19.8. The Hall–Kier alpha value is -2.01. The van der Waals surface area contributed by atoms with Crippen LogP contribution in [-0.2, 0) is 21.9 Å². The molecule has 1 atom stereocenters. The summed E-state index contributed by atoms with van der Waals surface area (Å²) in [5.74, 6) is 0.231. The van der Waals surface area contributed by atoms with Gasteiger partial charge in [-0.1, -0.05) is 12.8 Å². The second-order valence-corrected chi connectivity index (χ2v) is 9.44. The second-order valence-electron chi connectivity index (χ2n) is 9.44. The molecule has 1 aromatic rings. The molecule has 1 aliphatic carbocycles. The van der Waals surface area contributed by atoms with Gasteiger partial charge in [0.2, 0.25) is 5.91 Å². The molecule has 198 valence electrons. The molecule has 0 aromatic heterocycles. The number of carbonyl (C=O) groups is 1. The summed E-state index contributed by atoms with van der Waals surface area (Å²) in [5, 5.41) is 0. The average Bonchev–Trinajstić information content (AvgIpc) is 2.80. The van der Waals surface area contributed by atoms with Gasteiger partial charge in [-0.2, -0.15) is 26.3 Å². The van der Waals surface area contributed by atoms with Crippen LogP contribution in [-0.4, -0.2) is 56.2 Å². The van der Waals surface area contributed by atoms with Crippen molar-refractivity contribution in [2.24, 2.45) is 17.6 Å². The van der Waals surface area contributed by atoms with E-state index in [-0.39, 0.29) is 17.7 Å². The number of hydrogen-bond acceptors (Lipinski definition) is 4. The highest BCUT2D eigenvalue weighted by atomic mass is 19.4. The van der Waals surface area contributed by atoms with Gasteiger partial charge in [0, 0.05) is 38.5 Å². The number of rotatable bonds is 8. The molecule has 0 spiro atoms. The fraction of sp³-hybridized carbons (Fsp3) is 0.708. The minimum atomic E-state index is -4.85. The first-order valence-electron chi connectivity index (χ1n) is 12.1. The first-order valence-corrected chi connectivity index (χ1v) is 12.1. The third-order valence-corrected chi connectivity index (χ3v) is 7.11. The molecular weight excluding hydrogens is 476 g/mol. The predicted octanol–water partition coefficient (Wildman–Crippen LogP) is 4.93. The number of ether oxygens (including phenoxy) is 1. The topological polar surface area (TPSA) is 58.8 Å². The summed E-state index contributed by atoms with van der Waals surface area (Å²) in [7, 11) is 0. The van der Waals surface area contributed by atoms with Crippen LogP contribution in [0.5, 0.6) is 0 Å². The lowest BCUT2D eigenvalue weighted by Gasteiger charge is -2.38. The van der Waals surface area contributed by atoms with E-state index in [0.29, 0.717) is 38.7 Å². The summed E-state index contributed by atoms with van der Waals surface area (Å²) >= 11 is 0. The van der Waals surface area contributed by atoms with Crippen LogP contribution in [0.3, 0.4) is 0 Å². The number of benzene rings is 1. The van der Waals surface area contributed by atoms with Crippen LogP contribution in [0.15, 0.2) is 18.2 Å². The molecule has 1 aromatic carbocycles. The molecule has 1 saturated carbocycles. The van der Waals surface area contributed by atoms with Gasteiger partial charge in [0.25, 0.3) is 0 Å². The number of hydrogen-bond donors (Lipinski definition) is 1. The molecule has 35 heavy (non-hydrogen) atoms. The Kier molecular flexibility index (Phi) is 8.96. The van der Waals surface area contributed by atoms with E-state index >= 15 is 0 Å². The molecule has 0 bridgehead atoms. The summed E-state index contributed by atoms with van der Waals surface area (Å²) in [4.78, 5) is 15.4. The Labute approximate surface area is 201 Å². The van der Waals surface area contributed by atoms with Gasteiger partial charge in [0.1, 0.15) is 6.10 Å². The van der Waals surface area contributed by atoms with Crippen molar-refractivity contribution in [3.05, 3.63) is 29.3 Å². The van der Waals surface area contributed by atoms with Gasteiger partial charge in [-0.25, -0.2) is 0 Å². The number of nitrogens with zero attached hydrogens (tertiary/aromatic N) is 2. The number of amides is 1. The Balaban J connectivity index is 1.50. The van der Waals surface area contributed by atoms with Crippen LogP contribution < -0.4 is 10.6 Å². The van der Waals surface area contributed by atoms with E-state index in [1.807, 2.05) is 6.92 Å². The number of alkyl halides is 6. The summed E-state index contributed by atoms with van der Waals surface area (Å²) in [6, 6.07) is 1.75. The SMILES string of the molecule is CCOC(C(N)=O)C1CCC(CCN2CCN(c3cc(C(F)(F)F)cc(C(F)(F)F)c3)CC2)CC1. The first kappa shape index (κ1) is 27.6. The monoisotopic (exact) mass is 509 g/mol. The third-order valence-electron chi connectivity index (χ3n) is 7.11. The van der Waals surface area contributed by atoms with Gasteiger partial charge in [0.15, 0.2) is 0 Å². The minimum absolute atomic E-state index is 0.0524. The smallest absolute Gasteiger partial charge is 0.369 e. The van der Waals surface area contributed by atoms with E-state index in [2.05, 4.69) is 4.90 Å². The first-order chi connectivity index (χ1) is 16.4. The van der Waals surface area contributed by atoms with Crippen LogP contribution in [0.4, 0.5) is 32.0 Å². The van der Waals surface area contributed by atoms with Crippen LogP contribution in [0, 0.1) is 11.8 Å². The summed E-state index contributed by atoms with van der Waals surface area (Å²) in [6.07, 6.45) is -5.56. The number of piperazine rings is 1. The summed E-state index contributed by atoms with van der Waals surface area (Å²) in [6.45, 7) is 4.97. The van der Waals surface area contributed by atoms with E-state index in [1.165, 1.54) is 0 Å². The van der Waals surface area contributed by atoms with Gasteiger partial charge in [-0.15, -0.1) is 0 Å². The summed E-state index contributed by atoms with van der Waals surface area (Å²) in [5.41, 5.74) is 2.84. The fourth-order valence-electron chi connectivity index (χ4n) is 5.13. The van der Waals surface area contributed by atoms with Gasteiger partial charge >= 0.3 is 12.4 Å². The lowest BCUT2D eigenvalue weighted by Crippen LogP contribution is -2.47. The molecule has 2 aliphatic rings. The zero-order valence-electron chi connectivity index (χ0n) is 19.8. The Morgan fingerprint density at radius 2 is 1.51 bits per heavy atom. The molecule has 5 nitrogen and oxygen atoms in total. The van der Waals surface area contributed by atoms with Crippen molar-refractivity contribution in [2.45, 2.75) is 57.5 Å². The number of primary amides is 1. The molecule has 1 amide bonds. The van der Waals surface area contributed by atoms with E-state index in [9.17, 15) is 31.1 Å². The van der Waals surface area contributed by atoms with Crippen molar-refractivity contribution < 1.29 is 35.9 Å². The van der Waals surface area contributed by atoms with Crippen LogP contribution in [0.1, 0.15) is 50.2 Å². The molecular formula is C24H33F6N3O2. The van der Waals surface area contributed by atoms with Gasteiger partial charge < -0.3 is 15.4 Å². The zero-order chi connectivity index (χ0) is 25.8. The molecule has 1 saturated heterocycles. The number of nitrogens with two attached hydrogens (primary N) is 1. The minimum Gasteiger partial charge on any atom is -0.369 e. The largest absolute Gasteiger partial charge is 0.416 e. The number of carbonyl (C=O) groups excluding carboxylic acids is 1. The number of halogens is 6. The highest BCUT2D eigenvalue weighted by Crippen LogP contribution is 2.39. The lowest BCUT2D eigenvalue weighted by molar-refractivity contribution is -0.143. The van der Waals surface area contributed by atoms with Gasteiger partial charge in [-0.05, 0) is 62.8 Å². The van der Waals surface area contributed by atoms with E-state index in [4.69, 9.17) is 10.5 Å². The fourth-order valence-corrected chi connectivity index (χ4v) is 5.13. The van der Waals surface area contributed by atoms with Crippen LogP contribution >= 0.6 is 0 Å². The van der Waals surface area contributed by atoms with Crippen molar-refractivity contribution in [2.75, 3.05) is 44.2 Å². The molecule has 1 aliphatic heterocycles. The van der Waals surface area contributed by atoms with E-state index in [0.717, 1.165) is 50.8 Å². The average molecular weight is 510 g/mol. The maximum atomic E-state index is 13.2. The number of anilines is 1. The van der Waals surface area contributed by atoms with Gasteiger partial charge in [0.05, 0.1) is 11.1 Å². The van der Waals surface area contributed by atoms with E-state index in [1.54, 1.807) is 4.90 Å². The lowest BCUT2D eigenvalue weighted by atomic mass is 9.78. The van der Waals surface area contributed by atoms with Crippen molar-refractivity contribution in [3.8, 4) is 0 Å². The molecule has 2 fully saturated rings. The van der Waals surface area contributed by atoms with Crippen molar-refractivity contribution >= 4 is 11.6 Å². The molecule has 2 N–H and O–H groups in total. The van der Waals surface area contributed by atoms with Gasteiger partial charge in [-0.3, -0.25) is 9.69 Å². The second kappa shape index (κ2) is 11.4. The quantitative estimate of drug-likeness (QED) is 0.505. The Morgan fingerprint density at radius 1 is 0.971 bits per heavy atom. The highest BCUT2D eigenvalue weighted by molar-refractivity contribution is 5.79. The van der Waals surface area contributed by atoms with Crippen LogP contribution in [0.2, 0.25) is 0 Å². The van der Waals surface area contributed by atoms with Crippen LogP contribution in [0.25, 0.3) is 0 Å². The maximum Gasteiger partial charge on any atom is 0.416 e. The molecule has 1 heterocycles. The molecule has 3 rings (SSSR count). The maximum absolute atomic E-state index is 13.2. The summed E-state index contributed by atoms with van der Waals surface area (Å²) < 4.78 is 84.5. The third kappa shape index (κ3) is 7.49. The Morgan fingerprint density at radius 3 is 1.97 bits per heavy atom. The molecule has 1 unspecified atom stereocenters. The standard InChI is InChI=1S/C24H33F6N3O2/c1-2-35-21(22(31)34)17-5-3-16(4-6-17)7-8-32-9-11-33(12-10-32)20-14-18(23(25,26)27)13-19(15-20)24(28,29)30/h13-17,21H,2-12H2,1H3,(H2,31,34). The van der Waals surface area contributed by atoms with Crippen molar-refractivity contribution in [1.29, 1.82) is 0 Å². The molecule has 0 radical (unpaired) electrons. The van der Waals surface area contributed by atoms with E-state index < -0.39 is 35.5 Å². The van der Waals surface area contributed by atoms with Crippen molar-refractivity contribution in [1.82, 2.24) is 4.90 Å². The predicted molar refractivity (Wildman–Crippen MR) is 120 cm³/mol. The molecule has 11 heteroatoms. The Bertz CT molecular complexity index is 812. The highest BCUT2D eigenvalue weighted by Gasteiger charge is 2.38. The van der Waals surface area contributed by atoms with Crippen molar-refractivity contribution in [3.63, 3.8) is 0 Å². The normalized spacial score (nSPS) is 23.3.